The third-order valence-electron chi connectivity index (χ3n) is 5.66. The average molecular weight is 515 g/mol. The Kier molecular flexibility index (Phi) is 9.03. The maximum Gasteiger partial charge on any atom is 0.341 e. The van der Waals surface area contributed by atoms with E-state index in [1.807, 2.05) is 18.2 Å². The average Bonchev–Trinajstić information content (AvgIpc) is 3.21. The summed E-state index contributed by atoms with van der Waals surface area (Å²) in [5, 5.41) is 3.39. The van der Waals surface area contributed by atoms with Crippen LogP contribution in [0.25, 0.3) is 0 Å². The van der Waals surface area contributed by atoms with Gasteiger partial charge in [0.05, 0.1) is 24.8 Å². The number of carbonyl (C=O) groups excluding carboxylic acids is 3. The Balaban J connectivity index is 0.00000342. The van der Waals surface area contributed by atoms with E-state index in [1.165, 1.54) is 36.1 Å². The molecule has 2 heterocycles. The van der Waals surface area contributed by atoms with E-state index < -0.39 is 11.9 Å². The monoisotopic (exact) mass is 514 g/mol. The lowest BCUT2D eigenvalue weighted by Gasteiger charge is -2.27. The van der Waals surface area contributed by atoms with E-state index in [0.29, 0.717) is 34.7 Å². The van der Waals surface area contributed by atoms with Crippen molar-refractivity contribution in [2.45, 2.75) is 26.4 Å². The molecule has 0 spiro atoms. The Morgan fingerprint density at radius 2 is 1.69 bits per heavy atom. The smallest absolute Gasteiger partial charge is 0.341 e. The van der Waals surface area contributed by atoms with Crippen LogP contribution in [0.15, 0.2) is 54.6 Å². The molecular weight excluding hydrogens is 488 g/mol. The van der Waals surface area contributed by atoms with E-state index in [-0.39, 0.29) is 24.9 Å². The van der Waals surface area contributed by atoms with Crippen molar-refractivity contribution in [2.24, 2.45) is 0 Å². The third kappa shape index (κ3) is 6.08. The maximum atomic E-state index is 12.9. The van der Waals surface area contributed by atoms with Gasteiger partial charge in [0.2, 0.25) is 0 Å². The molecule has 0 saturated carbocycles. The standard InChI is InChI=1S/C26H26N2O5S.ClH/c1-3-33-26(31)22-20-13-14-28(15-17-7-5-4-6-8-17)16-21(20)34-24(22)27-23(29)18-9-11-19(12-10-18)25(30)32-2;/h4-12H,3,13-16H2,1-2H3,(H,27,29);1H. The zero-order valence-electron chi connectivity index (χ0n) is 19.5. The van der Waals surface area contributed by atoms with Crippen LogP contribution in [0.4, 0.5) is 5.00 Å². The van der Waals surface area contributed by atoms with Gasteiger partial charge in [-0.2, -0.15) is 0 Å². The summed E-state index contributed by atoms with van der Waals surface area (Å²) in [4.78, 5) is 40.8. The molecule has 7 nitrogen and oxygen atoms in total. The number of fused-ring (bicyclic) bond motifs is 1. The van der Waals surface area contributed by atoms with Crippen LogP contribution in [-0.4, -0.2) is 43.0 Å². The minimum absolute atomic E-state index is 0. The Morgan fingerprint density at radius 3 is 2.34 bits per heavy atom. The Bertz CT molecular complexity index is 1190. The fraction of sp³-hybridized carbons (Fsp3) is 0.269. The number of rotatable bonds is 7. The van der Waals surface area contributed by atoms with Gasteiger partial charge in [0.1, 0.15) is 5.00 Å². The highest BCUT2D eigenvalue weighted by Crippen LogP contribution is 2.38. The van der Waals surface area contributed by atoms with Gasteiger partial charge in [-0.05, 0) is 48.7 Å². The summed E-state index contributed by atoms with van der Waals surface area (Å²) >= 11 is 1.42. The molecule has 35 heavy (non-hydrogen) atoms. The number of carbonyl (C=O) groups is 3. The molecule has 0 bridgehead atoms. The molecule has 1 aliphatic rings. The van der Waals surface area contributed by atoms with Crippen LogP contribution in [0, 0.1) is 0 Å². The van der Waals surface area contributed by atoms with Gasteiger partial charge in [-0.3, -0.25) is 9.69 Å². The van der Waals surface area contributed by atoms with Gasteiger partial charge in [0.15, 0.2) is 0 Å². The molecule has 0 radical (unpaired) electrons. The molecule has 1 N–H and O–H groups in total. The normalized spacial score (nSPS) is 12.7. The van der Waals surface area contributed by atoms with Crippen LogP contribution < -0.4 is 5.32 Å². The summed E-state index contributed by atoms with van der Waals surface area (Å²) in [6.45, 7) is 4.35. The Hall–Kier alpha value is -3.20. The number of benzene rings is 2. The summed E-state index contributed by atoms with van der Waals surface area (Å²) in [6.07, 6.45) is 0.705. The van der Waals surface area contributed by atoms with Gasteiger partial charge >= 0.3 is 11.9 Å². The van der Waals surface area contributed by atoms with Crippen LogP contribution in [0.3, 0.4) is 0 Å². The van der Waals surface area contributed by atoms with Gasteiger partial charge in [0, 0.05) is 30.1 Å². The van der Waals surface area contributed by atoms with Crippen molar-refractivity contribution in [3.05, 3.63) is 87.3 Å². The van der Waals surface area contributed by atoms with Gasteiger partial charge < -0.3 is 14.8 Å². The number of nitrogens with zero attached hydrogens (tertiary/aromatic N) is 1. The molecule has 184 valence electrons. The third-order valence-corrected chi connectivity index (χ3v) is 6.79. The van der Waals surface area contributed by atoms with Crippen LogP contribution in [0.5, 0.6) is 0 Å². The molecular formula is C26H27ClN2O5S. The minimum Gasteiger partial charge on any atom is -0.465 e. The molecule has 0 saturated heterocycles. The zero-order valence-corrected chi connectivity index (χ0v) is 21.2. The molecule has 1 aromatic heterocycles. The predicted molar refractivity (Wildman–Crippen MR) is 138 cm³/mol. The van der Waals surface area contributed by atoms with Gasteiger partial charge in [-0.25, -0.2) is 9.59 Å². The first kappa shape index (κ1) is 26.4. The van der Waals surface area contributed by atoms with Crippen LogP contribution >= 0.6 is 23.7 Å². The molecule has 1 aliphatic heterocycles. The van der Waals surface area contributed by atoms with Gasteiger partial charge in [-0.1, -0.05) is 30.3 Å². The molecule has 1 amide bonds. The number of halogens is 1. The minimum atomic E-state index is -0.470. The lowest BCUT2D eigenvalue weighted by Crippen LogP contribution is -2.29. The topological polar surface area (TPSA) is 84.9 Å². The predicted octanol–water partition coefficient (Wildman–Crippen LogP) is 4.94. The highest BCUT2D eigenvalue weighted by molar-refractivity contribution is 7.17. The fourth-order valence-electron chi connectivity index (χ4n) is 3.99. The van der Waals surface area contributed by atoms with Crippen molar-refractivity contribution in [3.8, 4) is 0 Å². The van der Waals surface area contributed by atoms with Gasteiger partial charge in [0.25, 0.3) is 5.91 Å². The van der Waals surface area contributed by atoms with Crippen molar-refractivity contribution in [2.75, 3.05) is 25.6 Å². The summed E-state index contributed by atoms with van der Waals surface area (Å²) in [6, 6.07) is 16.4. The Morgan fingerprint density at radius 1 is 1.00 bits per heavy atom. The van der Waals surface area contributed by atoms with E-state index in [1.54, 1.807) is 19.1 Å². The van der Waals surface area contributed by atoms with Crippen molar-refractivity contribution in [1.29, 1.82) is 0 Å². The number of thiophene rings is 1. The maximum absolute atomic E-state index is 12.9. The quantitative estimate of drug-likeness (QED) is 0.449. The van der Waals surface area contributed by atoms with Crippen LogP contribution in [0.1, 0.15) is 54.0 Å². The van der Waals surface area contributed by atoms with E-state index in [2.05, 4.69) is 22.3 Å². The highest BCUT2D eigenvalue weighted by Gasteiger charge is 2.29. The lowest BCUT2D eigenvalue weighted by molar-refractivity contribution is 0.0525. The second-order valence-corrected chi connectivity index (χ2v) is 9.00. The van der Waals surface area contributed by atoms with Crippen molar-refractivity contribution in [1.82, 2.24) is 4.90 Å². The number of anilines is 1. The van der Waals surface area contributed by atoms with Crippen molar-refractivity contribution >= 4 is 46.6 Å². The molecule has 9 heteroatoms. The van der Waals surface area contributed by atoms with Crippen LogP contribution in [-0.2, 0) is 29.0 Å². The van der Waals surface area contributed by atoms with Crippen molar-refractivity contribution in [3.63, 3.8) is 0 Å². The largest absolute Gasteiger partial charge is 0.465 e. The van der Waals surface area contributed by atoms with Gasteiger partial charge in [-0.15, -0.1) is 23.7 Å². The first-order chi connectivity index (χ1) is 16.5. The molecule has 0 fully saturated rings. The number of hydrogen-bond acceptors (Lipinski definition) is 7. The second-order valence-electron chi connectivity index (χ2n) is 7.90. The first-order valence-electron chi connectivity index (χ1n) is 11.1. The van der Waals surface area contributed by atoms with Crippen LogP contribution in [0.2, 0.25) is 0 Å². The van der Waals surface area contributed by atoms with E-state index in [9.17, 15) is 14.4 Å². The molecule has 0 unspecified atom stereocenters. The number of nitrogens with one attached hydrogen (secondary N) is 1. The van der Waals surface area contributed by atoms with E-state index in [0.717, 1.165) is 23.5 Å². The lowest BCUT2D eigenvalue weighted by atomic mass is 10.0. The van der Waals surface area contributed by atoms with E-state index in [4.69, 9.17) is 9.47 Å². The summed E-state index contributed by atoms with van der Waals surface area (Å²) in [7, 11) is 1.30. The Labute approximate surface area is 214 Å². The molecule has 0 aliphatic carbocycles. The summed E-state index contributed by atoms with van der Waals surface area (Å²) in [5.41, 5.74) is 3.36. The first-order valence-corrected chi connectivity index (χ1v) is 11.9. The number of methoxy groups -OCH3 is 1. The number of ether oxygens (including phenoxy) is 2. The second kappa shape index (κ2) is 12.0. The highest BCUT2D eigenvalue weighted by atomic mass is 35.5. The molecule has 4 rings (SSSR count). The fourth-order valence-corrected chi connectivity index (χ4v) is 5.26. The number of esters is 2. The zero-order chi connectivity index (χ0) is 24.1. The van der Waals surface area contributed by atoms with Crippen molar-refractivity contribution < 1.29 is 23.9 Å². The van der Waals surface area contributed by atoms with E-state index >= 15 is 0 Å². The summed E-state index contributed by atoms with van der Waals surface area (Å²) < 4.78 is 10.0. The summed E-state index contributed by atoms with van der Waals surface area (Å²) in [5.74, 6) is -1.25. The molecule has 0 atom stereocenters. The number of hydrogen-bond donors (Lipinski definition) is 1. The number of amides is 1. The molecule has 2 aromatic carbocycles. The molecule has 3 aromatic rings. The SMILES string of the molecule is CCOC(=O)c1c(NC(=O)c2ccc(C(=O)OC)cc2)sc2c1CCN(Cc1ccccc1)C2.Cl.